The molecule has 0 saturated carbocycles. The van der Waals surface area contributed by atoms with E-state index in [-0.39, 0.29) is 5.75 Å². The lowest BCUT2D eigenvalue weighted by molar-refractivity contribution is 0.425. The van der Waals surface area contributed by atoms with E-state index in [1.165, 1.54) is 12.6 Å². The minimum Gasteiger partial charge on any atom is -0.506 e. The van der Waals surface area contributed by atoms with Crippen molar-refractivity contribution in [3.8, 4) is 17.2 Å². The Morgan fingerprint density at radius 2 is 2.00 bits per heavy atom. The summed E-state index contributed by atoms with van der Waals surface area (Å²) in [4.78, 5) is 10.4. The first-order valence-electron chi connectivity index (χ1n) is 6.06. The summed E-state index contributed by atoms with van der Waals surface area (Å²) in [5.74, 6) is 1.09. The Balaban J connectivity index is 1.84. The van der Waals surface area contributed by atoms with Crippen molar-refractivity contribution >= 4 is 5.95 Å². The van der Waals surface area contributed by atoms with Crippen LogP contribution in [0, 0.1) is 0 Å². The van der Waals surface area contributed by atoms with Gasteiger partial charge in [-0.1, -0.05) is 0 Å². The lowest BCUT2D eigenvalue weighted by Crippen LogP contribution is -2.30. The number of anilines is 1. The molecule has 1 saturated heterocycles. The molecule has 2 aromatic heterocycles. The van der Waals surface area contributed by atoms with Crippen LogP contribution < -0.4 is 4.90 Å². The average molecular weight is 246 g/mol. The largest absolute Gasteiger partial charge is 0.506 e. The van der Waals surface area contributed by atoms with Crippen LogP contribution in [0.15, 0.2) is 23.0 Å². The molecule has 94 valence electrons. The Bertz CT molecular complexity index is 534. The molecule has 3 heterocycles. The molecule has 3 rings (SSSR count). The summed E-state index contributed by atoms with van der Waals surface area (Å²) in [6.45, 7) is 1.94. The number of pyridine rings is 1. The highest BCUT2D eigenvalue weighted by molar-refractivity contribution is 5.55. The Kier molecular flexibility index (Phi) is 2.84. The molecule has 2 aromatic rings. The van der Waals surface area contributed by atoms with Crippen LogP contribution >= 0.6 is 0 Å². The van der Waals surface area contributed by atoms with Crippen LogP contribution in [0.5, 0.6) is 5.75 Å². The third-order valence-electron chi connectivity index (χ3n) is 3.02. The lowest BCUT2D eigenvalue weighted by atomic mass is 10.1. The van der Waals surface area contributed by atoms with Gasteiger partial charge >= 0.3 is 0 Å². The van der Waals surface area contributed by atoms with E-state index in [0.29, 0.717) is 17.4 Å². The molecule has 1 aliphatic heterocycles. The van der Waals surface area contributed by atoms with E-state index in [0.717, 1.165) is 25.9 Å². The fourth-order valence-electron chi connectivity index (χ4n) is 2.10. The Morgan fingerprint density at radius 1 is 1.17 bits per heavy atom. The van der Waals surface area contributed by atoms with Crippen molar-refractivity contribution in [1.82, 2.24) is 15.1 Å². The van der Waals surface area contributed by atoms with Crippen LogP contribution in [0.2, 0.25) is 0 Å². The molecule has 1 N–H and O–H groups in total. The first kappa shape index (κ1) is 11.0. The zero-order valence-electron chi connectivity index (χ0n) is 9.91. The second-order valence-electron chi connectivity index (χ2n) is 4.38. The molecule has 0 spiro atoms. The molecule has 0 bridgehead atoms. The molecule has 0 aliphatic carbocycles. The van der Waals surface area contributed by atoms with Crippen LogP contribution in [-0.2, 0) is 0 Å². The van der Waals surface area contributed by atoms with E-state index in [4.69, 9.17) is 4.52 Å². The predicted octanol–water partition coefficient (Wildman–Crippen LogP) is 1.83. The Labute approximate surface area is 104 Å². The molecule has 0 radical (unpaired) electrons. The summed E-state index contributed by atoms with van der Waals surface area (Å²) in [7, 11) is 0. The number of nitrogens with zero attached hydrogens (tertiary/aromatic N) is 4. The minimum atomic E-state index is 0.0882. The molecule has 0 aromatic carbocycles. The standard InChI is InChI=1S/C12H14N4O2/c17-10-6-9(7-13-8-10)11-14-12(15-18-11)16-4-2-1-3-5-16/h6-8,17H,1-5H2. The van der Waals surface area contributed by atoms with Gasteiger partial charge in [0.25, 0.3) is 11.8 Å². The molecule has 0 unspecified atom stereocenters. The molecule has 6 nitrogen and oxygen atoms in total. The van der Waals surface area contributed by atoms with Gasteiger partial charge in [0.2, 0.25) is 0 Å². The van der Waals surface area contributed by atoms with Crippen molar-refractivity contribution in [2.45, 2.75) is 19.3 Å². The highest BCUT2D eigenvalue weighted by Gasteiger charge is 2.17. The van der Waals surface area contributed by atoms with Crippen molar-refractivity contribution in [2.75, 3.05) is 18.0 Å². The van der Waals surface area contributed by atoms with Crippen molar-refractivity contribution in [3.05, 3.63) is 18.5 Å². The summed E-state index contributed by atoms with van der Waals surface area (Å²) in [5, 5.41) is 13.3. The van der Waals surface area contributed by atoms with Gasteiger partial charge in [0, 0.05) is 19.3 Å². The Hall–Kier alpha value is -2.11. The summed E-state index contributed by atoms with van der Waals surface area (Å²) >= 11 is 0. The van der Waals surface area contributed by atoms with Crippen molar-refractivity contribution < 1.29 is 9.63 Å². The summed E-state index contributed by atoms with van der Waals surface area (Å²) < 4.78 is 5.21. The fraction of sp³-hybridized carbons (Fsp3) is 0.417. The molecule has 1 aliphatic rings. The van der Waals surface area contributed by atoms with E-state index >= 15 is 0 Å². The van der Waals surface area contributed by atoms with Gasteiger partial charge in [-0.05, 0) is 30.5 Å². The van der Waals surface area contributed by atoms with Crippen molar-refractivity contribution in [1.29, 1.82) is 0 Å². The van der Waals surface area contributed by atoms with Gasteiger partial charge in [-0.3, -0.25) is 4.98 Å². The maximum atomic E-state index is 9.37. The maximum absolute atomic E-state index is 9.37. The summed E-state index contributed by atoms with van der Waals surface area (Å²) in [6, 6.07) is 1.56. The van der Waals surface area contributed by atoms with Gasteiger partial charge in [-0.25, -0.2) is 0 Å². The van der Waals surface area contributed by atoms with Gasteiger partial charge in [-0.15, -0.1) is 0 Å². The van der Waals surface area contributed by atoms with Crippen LogP contribution in [0.4, 0.5) is 5.95 Å². The second-order valence-corrected chi connectivity index (χ2v) is 4.38. The number of rotatable bonds is 2. The smallest absolute Gasteiger partial charge is 0.266 e. The van der Waals surface area contributed by atoms with Gasteiger partial charge in [0.1, 0.15) is 5.75 Å². The maximum Gasteiger partial charge on any atom is 0.266 e. The fourth-order valence-corrected chi connectivity index (χ4v) is 2.10. The molecule has 0 atom stereocenters. The van der Waals surface area contributed by atoms with Gasteiger partial charge in [0.15, 0.2) is 0 Å². The zero-order valence-corrected chi connectivity index (χ0v) is 9.91. The molecule has 18 heavy (non-hydrogen) atoms. The molecule has 1 fully saturated rings. The van der Waals surface area contributed by atoms with Gasteiger partial charge in [0.05, 0.1) is 11.8 Å². The first-order chi connectivity index (χ1) is 8.83. The van der Waals surface area contributed by atoms with Gasteiger partial charge < -0.3 is 14.5 Å². The average Bonchev–Trinajstić information content (AvgIpc) is 2.89. The number of aromatic nitrogens is 3. The SMILES string of the molecule is Oc1cncc(-c2nc(N3CCCCC3)no2)c1. The topological polar surface area (TPSA) is 75.3 Å². The quantitative estimate of drug-likeness (QED) is 0.871. The molecular weight excluding hydrogens is 232 g/mol. The third-order valence-corrected chi connectivity index (χ3v) is 3.02. The second kappa shape index (κ2) is 4.64. The van der Waals surface area contributed by atoms with E-state index in [2.05, 4.69) is 20.0 Å². The Morgan fingerprint density at radius 3 is 2.78 bits per heavy atom. The predicted molar refractivity (Wildman–Crippen MR) is 65.3 cm³/mol. The van der Waals surface area contributed by atoms with E-state index in [9.17, 15) is 5.11 Å². The van der Waals surface area contributed by atoms with E-state index < -0.39 is 0 Å². The number of aromatic hydroxyl groups is 1. The monoisotopic (exact) mass is 246 g/mol. The van der Waals surface area contributed by atoms with E-state index in [1.54, 1.807) is 12.3 Å². The zero-order chi connectivity index (χ0) is 12.4. The van der Waals surface area contributed by atoms with Crippen LogP contribution in [-0.4, -0.2) is 33.3 Å². The molecular formula is C12H14N4O2. The minimum absolute atomic E-state index is 0.0882. The molecule has 6 heteroatoms. The van der Waals surface area contributed by atoms with Crippen LogP contribution in [0.3, 0.4) is 0 Å². The molecule has 0 amide bonds. The number of hydrogen-bond acceptors (Lipinski definition) is 6. The normalized spacial score (nSPS) is 15.9. The van der Waals surface area contributed by atoms with Crippen LogP contribution in [0.25, 0.3) is 11.5 Å². The van der Waals surface area contributed by atoms with E-state index in [1.807, 2.05) is 0 Å². The van der Waals surface area contributed by atoms with Gasteiger partial charge in [-0.2, -0.15) is 4.98 Å². The lowest BCUT2D eigenvalue weighted by Gasteiger charge is -2.24. The van der Waals surface area contributed by atoms with Crippen LogP contribution in [0.1, 0.15) is 19.3 Å². The first-order valence-corrected chi connectivity index (χ1v) is 6.06. The summed E-state index contributed by atoms with van der Waals surface area (Å²) in [5.41, 5.74) is 0.630. The number of hydrogen-bond donors (Lipinski definition) is 1. The third kappa shape index (κ3) is 2.13. The number of piperidine rings is 1. The highest BCUT2D eigenvalue weighted by Crippen LogP contribution is 2.23. The highest BCUT2D eigenvalue weighted by atomic mass is 16.5. The van der Waals surface area contributed by atoms with Crippen molar-refractivity contribution in [3.63, 3.8) is 0 Å². The van der Waals surface area contributed by atoms with Crippen molar-refractivity contribution in [2.24, 2.45) is 0 Å². The summed E-state index contributed by atoms with van der Waals surface area (Å²) in [6.07, 6.45) is 6.55.